The van der Waals surface area contributed by atoms with Gasteiger partial charge in [-0.1, -0.05) is 12.8 Å². The molecule has 0 aliphatic carbocycles. The Balaban J connectivity index is 1.82. The molecule has 0 saturated carbocycles. The van der Waals surface area contributed by atoms with Gasteiger partial charge in [-0.05, 0) is 19.3 Å². The maximum Gasteiger partial charge on any atom is 0.303 e. The normalized spacial score (nSPS) is 17.4. The number of carboxylic acids is 1. The fourth-order valence-electron chi connectivity index (χ4n) is 1.51. The number of unbranched alkanes of at least 4 members (excludes halogenated alkanes) is 3. The van der Waals surface area contributed by atoms with Gasteiger partial charge in [0.15, 0.2) is 6.29 Å². The largest absolute Gasteiger partial charge is 0.481 e. The Morgan fingerprint density at radius 1 is 1.14 bits per heavy atom. The number of ether oxygens (including phenoxy) is 2. The van der Waals surface area contributed by atoms with Crippen LogP contribution in [-0.2, 0) is 14.3 Å². The van der Waals surface area contributed by atoms with Gasteiger partial charge in [-0.3, -0.25) is 4.79 Å². The van der Waals surface area contributed by atoms with Crippen LogP contribution in [-0.4, -0.2) is 30.6 Å². The van der Waals surface area contributed by atoms with Gasteiger partial charge in [0, 0.05) is 6.42 Å². The summed E-state index contributed by atoms with van der Waals surface area (Å²) in [6.07, 6.45) is 5.11. The summed E-state index contributed by atoms with van der Waals surface area (Å²) in [7, 11) is 0. The van der Waals surface area contributed by atoms with Gasteiger partial charge in [0.25, 0.3) is 0 Å². The van der Waals surface area contributed by atoms with Gasteiger partial charge in [0.05, 0.1) is 13.2 Å². The van der Waals surface area contributed by atoms with Gasteiger partial charge >= 0.3 is 5.97 Å². The Labute approximate surface area is 84.2 Å². The molecule has 14 heavy (non-hydrogen) atoms. The van der Waals surface area contributed by atoms with Crippen LogP contribution in [0.4, 0.5) is 0 Å². The first-order chi connectivity index (χ1) is 6.79. The molecule has 4 nitrogen and oxygen atoms in total. The number of hydrogen-bond donors (Lipinski definition) is 1. The molecular weight excluding hydrogens is 184 g/mol. The Hall–Kier alpha value is -0.610. The molecule has 0 aromatic carbocycles. The van der Waals surface area contributed by atoms with E-state index in [-0.39, 0.29) is 12.7 Å². The van der Waals surface area contributed by atoms with Crippen molar-refractivity contribution in [3.63, 3.8) is 0 Å². The van der Waals surface area contributed by atoms with Gasteiger partial charge < -0.3 is 14.6 Å². The molecule has 0 aromatic rings. The zero-order valence-corrected chi connectivity index (χ0v) is 8.41. The van der Waals surface area contributed by atoms with Crippen LogP contribution < -0.4 is 0 Å². The lowest BCUT2D eigenvalue weighted by Crippen LogP contribution is -2.06. The van der Waals surface area contributed by atoms with Crippen molar-refractivity contribution in [3.8, 4) is 0 Å². The molecule has 1 aliphatic rings. The van der Waals surface area contributed by atoms with Crippen molar-refractivity contribution in [3.05, 3.63) is 0 Å². The molecule has 4 heteroatoms. The third-order valence-electron chi connectivity index (χ3n) is 2.27. The van der Waals surface area contributed by atoms with Crippen molar-refractivity contribution < 1.29 is 19.4 Å². The van der Waals surface area contributed by atoms with Gasteiger partial charge in [0.1, 0.15) is 0 Å². The minimum Gasteiger partial charge on any atom is -0.481 e. The molecule has 0 radical (unpaired) electrons. The number of carboxylic acid groups (broad SMARTS) is 1. The minimum atomic E-state index is -0.701. The summed E-state index contributed by atoms with van der Waals surface area (Å²) in [5.41, 5.74) is 0. The van der Waals surface area contributed by atoms with Gasteiger partial charge in [-0.2, -0.15) is 0 Å². The molecule has 1 rings (SSSR count). The average molecular weight is 202 g/mol. The predicted molar refractivity (Wildman–Crippen MR) is 51.0 cm³/mol. The van der Waals surface area contributed by atoms with Crippen LogP contribution in [0.5, 0.6) is 0 Å². The topological polar surface area (TPSA) is 55.8 Å². The highest BCUT2D eigenvalue weighted by Gasteiger charge is 2.14. The molecule has 0 amide bonds. The summed E-state index contributed by atoms with van der Waals surface area (Å²) in [4.78, 5) is 10.2. The minimum absolute atomic E-state index is 0.00512. The molecule has 0 spiro atoms. The smallest absolute Gasteiger partial charge is 0.303 e. The Kier molecular flexibility index (Phi) is 5.56. The van der Waals surface area contributed by atoms with Crippen molar-refractivity contribution in [2.75, 3.05) is 13.2 Å². The molecule has 1 heterocycles. The first-order valence-electron chi connectivity index (χ1n) is 5.24. The van der Waals surface area contributed by atoms with E-state index in [1.165, 1.54) is 0 Å². The van der Waals surface area contributed by atoms with Crippen molar-refractivity contribution in [2.45, 2.75) is 44.8 Å². The second kappa shape index (κ2) is 6.79. The molecule has 0 aromatic heterocycles. The van der Waals surface area contributed by atoms with E-state index in [1.54, 1.807) is 0 Å². The van der Waals surface area contributed by atoms with E-state index in [0.29, 0.717) is 13.2 Å². The predicted octanol–water partition coefficient (Wildman–Crippen LogP) is 1.78. The van der Waals surface area contributed by atoms with E-state index in [2.05, 4.69) is 0 Å². The molecule has 0 bridgehead atoms. The van der Waals surface area contributed by atoms with Crippen molar-refractivity contribution >= 4 is 5.97 Å². The second-order valence-electron chi connectivity index (χ2n) is 3.52. The van der Waals surface area contributed by atoms with E-state index in [4.69, 9.17) is 14.6 Å². The van der Waals surface area contributed by atoms with Crippen LogP contribution >= 0.6 is 0 Å². The lowest BCUT2D eigenvalue weighted by molar-refractivity contribution is -0.137. The van der Waals surface area contributed by atoms with Crippen molar-refractivity contribution in [1.29, 1.82) is 0 Å². The maximum atomic E-state index is 10.2. The van der Waals surface area contributed by atoms with E-state index in [0.717, 1.165) is 32.1 Å². The second-order valence-corrected chi connectivity index (χ2v) is 3.52. The van der Waals surface area contributed by atoms with Crippen molar-refractivity contribution in [1.82, 2.24) is 0 Å². The Morgan fingerprint density at radius 3 is 2.43 bits per heavy atom. The van der Waals surface area contributed by atoms with E-state index < -0.39 is 5.97 Å². The highest BCUT2D eigenvalue weighted by molar-refractivity contribution is 5.66. The maximum absolute atomic E-state index is 10.2. The fourth-order valence-corrected chi connectivity index (χ4v) is 1.51. The quantitative estimate of drug-likeness (QED) is 0.639. The molecule has 1 fully saturated rings. The first kappa shape index (κ1) is 11.5. The molecule has 82 valence electrons. The molecule has 1 saturated heterocycles. The monoisotopic (exact) mass is 202 g/mol. The molecule has 0 atom stereocenters. The summed E-state index contributed by atoms with van der Waals surface area (Å²) in [5, 5.41) is 8.40. The standard InChI is InChI=1S/C10H18O4/c11-9(12)5-3-1-2-4-6-10-13-7-8-14-10/h10H,1-8H2,(H,11,12). The molecule has 1 N–H and O–H groups in total. The van der Waals surface area contributed by atoms with Crippen LogP contribution in [0.15, 0.2) is 0 Å². The van der Waals surface area contributed by atoms with Crippen LogP contribution in [0.1, 0.15) is 38.5 Å². The summed E-state index contributed by atoms with van der Waals surface area (Å²) < 4.78 is 10.6. The van der Waals surface area contributed by atoms with Gasteiger partial charge in [0.2, 0.25) is 0 Å². The third kappa shape index (κ3) is 5.19. The number of carbonyl (C=O) groups is 1. The van der Waals surface area contributed by atoms with Crippen LogP contribution in [0, 0.1) is 0 Å². The zero-order valence-electron chi connectivity index (χ0n) is 8.41. The third-order valence-corrected chi connectivity index (χ3v) is 2.27. The van der Waals surface area contributed by atoms with Crippen molar-refractivity contribution in [2.24, 2.45) is 0 Å². The summed E-state index contributed by atoms with van der Waals surface area (Å²) in [5.74, 6) is -0.701. The zero-order chi connectivity index (χ0) is 10.2. The summed E-state index contributed by atoms with van der Waals surface area (Å²) in [6, 6.07) is 0. The van der Waals surface area contributed by atoms with Crippen LogP contribution in [0.2, 0.25) is 0 Å². The number of hydrogen-bond acceptors (Lipinski definition) is 3. The molecular formula is C10H18O4. The average Bonchev–Trinajstić information content (AvgIpc) is 2.63. The number of aliphatic carboxylic acids is 1. The number of rotatable bonds is 7. The Bertz CT molecular complexity index is 164. The molecule has 0 unspecified atom stereocenters. The highest BCUT2D eigenvalue weighted by atomic mass is 16.7. The first-order valence-corrected chi connectivity index (χ1v) is 5.24. The van der Waals surface area contributed by atoms with E-state index in [1.807, 2.05) is 0 Å². The van der Waals surface area contributed by atoms with E-state index in [9.17, 15) is 4.79 Å². The molecule has 1 aliphatic heterocycles. The highest BCUT2D eigenvalue weighted by Crippen LogP contribution is 2.13. The van der Waals surface area contributed by atoms with E-state index >= 15 is 0 Å². The fraction of sp³-hybridized carbons (Fsp3) is 0.900. The van der Waals surface area contributed by atoms with Gasteiger partial charge in [-0.25, -0.2) is 0 Å². The van der Waals surface area contributed by atoms with Gasteiger partial charge in [-0.15, -0.1) is 0 Å². The SMILES string of the molecule is O=C(O)CCCCCCC1OCCO1. The lowest BCUT2D eigenvalue weighted by atomic mass is 10.1. The summed E-state index contributed by atoms with van der Waals surface area (Å²) >= 11 is 0. The summed E-state index contributed by atoms with van der Waals surface area (Å²) in [6.45, 7) is 1.42. The van der Waals surface area contributed by atoms with Crippen LogP contribution in [0.3, 0.4) is 0 Å². The lowest BCUT2D eigenvalue weighted by Gasteiger charge is -2.07. The van der Waals surface area contributed by atoms with Crippen LogP contribution in [0.25, 0.3) is 0 Å². The Morgan fingerprint density at radius 2 is 1.79 bits per heavy atom.